The van der Waals surface area contributed by atoms with Crippen LogP contribution in [0.1, 0.15) is 16.7 Å². The molecule has 2 N–H and O–H groups in total. The molecule has 0 radical (unpaired) electrons. The number of thioether (sulfide) groups is 1. The van der Waals surface area contributed by atoms with Crippen LogP contribution in [-0.4, -0.2) is 26.4 Å². The van der Waals surface area contributed by atoms with E-state index in [9.17, 15) is 27.9 Å². The summed E-state index contributed by atoms with van der Waals surface area (Å²) in [6, 6.07) is 6.63. The molecule has 0 saturated carbocycles. The third-order valence-corrected chi connectivity index (χ3v) is 6.26. The van der Waals surface area contributed by atoms with Gasteiger partial charge in [0.1, 0.15) is 10.8 Å². The number of benzene rings is 1. The van der Waals surface area contributed by atoms with Gasteiger partial charge in [-0.05, 0) is 29.8 Å². The molecule has 0 unspecified atom stereocenters. The smallest absolute Gasteiger partial charge is 0.417 e. The number of amides is 1. The number of aromatic nitrogens is 2. The van der Waals surface area contributed by atoms with E-state index in [2.05, 4.69) is 10.4 Å². The molecule has 0 atom stereocenters. The lowest BCUT2D eigenvalue weighted by atomic mass is 10.1. The van der Waals surface area contributed by atoms with Gasteiger partial charge in [-0.1, -0.05) is 52.6 Å². The predicted octanol–water partition coefficient (Wildman–Crippen LogP) is 5.38. The van der Waals surface area contributed by atoms with Gasteiger partial charge in [-0.2, -0.15) is 13.2 Å². The highest BCUT2D eigenvalue weighted by Crippen LogP contribution is 2.33. The van der Waals surface area contributed by atoms with Crippen molar-refractivity contribution in [3.05, 3.63) is 84.8 Å². The SMILES string of the molecule is O=C(CSc1ncc(C(F)(F)F)cc1Cl)Nn1ccc(O)c(Cc2ccc(Cl)cc2Cl)c1=O. The first-order chi connectivity index (χ1) is 15.5. The highest BCUT2D eigenvalue weighted by Gasteiger charge is 2.31. The number of nitrogens with one attached hydrogen (secondary N) is 1. The van der Waals surface area contributed by atoms with Crippen LogP contribution in [0.5, 0.6) is 5.75 Å². The van der Waals surface area contributed by atoms with Gasteiger partial charge >= 0.3 is 6.18 Å². The van der Waals surface area contributed by atoms with Crippen LogP contribution in [0.2, 0.25) is 15.1 Å². The Morgan fingerprint density at radius 2 is 1.88 bits per heavy atom. The Morgan fingerprint density at radius 1 is 1.15 bits per heavy atom. The number of hydrogen-bond donors (Lipinski definition) is 2. The van der Waals surface area contributed by atoms with Gasteiger partial charge in [0.25, 0.3) is 5.56 Å². The maximum absolute atomic E-state index is 12.7. The lowest BCUT2D eigenvalue weighted by Crippen LogP contribution is -2.35. The maximum Gasteiger partial charge on any atom is 0.417 e. The Morgan fingerprint density at radius 3 is 2.52 bits per heavy atom. The van der Waals surface area contributed by atoms with Crippen LogP contribution in [0.25, 0.3) is 0 Å². The molecular weight excluding hydrogens is 526 g/mol. The molecule has 0 aliphatic rings. The van der Waals surface area contributed by atoms with Crippen molar-refractivity contribution < 1.29 is 23.1 Å². The van der Waals surface area contributed by atoms with Crippen LogP contribution in [-0.2, 0) is 17.4 Å². The van der Waals surface area contributed by atoms with Gasteiger partial charge in [-0.25, -0.2) is 9.66 Å². The molecule has 0 bridgehead atoms. The van der Waals surface area contributed by atoms with Gasteiger partial charge in [0.2, 0.25) is 5.91 Å². The third kappa shape index (κ3) is 6.35. The van der Waals surface area contributed by atoms with Crippen LogP contribution in [0.15, 0.2) is 52.5 Å². The number of nitrogens with zero attached hydrogens (tertiary/aromatic N) is 2. The number of pyridine rings is 2. The minimum absolute atomic E-state index is 0.0119. The van der Waals surface area contributed by atoms with Gasteiger partial charge in [0.15, 0.2) is 0 Å². The Labute approximate surface area is 204 Å². The van der Waals surface area contributed by atoms with Crippen LogP contribution in [0.4, 0.5) is 13.2 Å². The minimum Gasteiger partial charge on any atom is -0.507 e. The summed E-state index contributed by atoms with van der Waals surface area (Å²) in [4.78, 5) is 28.7. The summed E-state index contributed by atoms with van der Waals surface area (Å²) in [6.45, 7) is 0. The summed E-state index contributed by atoms with van der Waals surface area (Å²) in [7, 11) is 0. The largest absolute Gasteiger partial charge is 0.507 e. The van der Waals surface area contributed by atoms with Crippen molar-refractivity contribution in [2.45, 2.75) is 17.6 Å². The van der Waals surface area contributed by atoms with Gasteiger partial charge in [0, 0.05) is 28.9 Å². The second-order valence-electron chi connectivity index (χ2n) is 6.60. The molecule has 1 aromatic carbocycles. The van der Waals surface area contributed by atoms with E-state index in [-0.39, 0.29) is 33.5 Å². The van der Waals surface area contributed by atoms with Gasteiger partial charge in [-0.15, -0.1) is 0 Å². The van der Waals surface area contributed by atoms with E-state index in [0.29, 0.717) is 27.9 Å². The van der Waals surface area contributed by atoms with Crippen LogP contribution in [0.3, 0.4) is 0 Å². The zero-order valence-electron chi connectivity index (χ0n) is 16.3. The summed E-state index contributed by atoms with van der Waals surface area (Å²) in [5, 5.41) is 10.6. The van der Waals surface area contributed by atoms with Crippen LogP contribution >= 0.6 is 46.6 Å². The molecule has 1 amide bonds. The normalized spacial score (nSPS) is 11.5. The number of carbonyl (C=O) groups is 1. The number of alkyl halides is 3. The summed E-state index contributed by atoms with van der Waals surface area (Å²) in [6.07, 6.45) is -2.83. The van der Waals surface area contributed by atoms with E-state index in [1.54, 1.807) is 12.1 Å². The average molecular weight is 539 g/mol. The molecule has 174 valence electrons. The van der Waals surface area contributed by atoms with Crippen molar-refractivity contribution in [1.29, 1.82) is 0 Å². The number of aromatic hydroxyl groups is 1. The van der Waals surface area contributed by atoms with Crippen molar-refractivity contribution in [3.63, 3.8) is 0 Å². The quantitative estimate of drug-likeness (QED) is 0.412. The van der Waals surface area contributed by atoms with Crippen LogP contribution < -0.4 is 11.0 Å². The third-order valence-electron chi connectivity index (χ3n) is 4.27. The molecule has 0 saturated heterocycles. The lowest BCUT2D eigenvalue weighted by molar-refractivity contribution is -0.137. The summed E-state index contributed by atoms with van der Waals surface area (Å²) < 4.78 is 39.0. The van der Waals surface area contributed by atoms with Crippen LogP contribution in [0, 0.1) is 0 Å². The molecular formula is C20H13Cl3F3N3O3S. The molecule has 3 rings (SSSR count). The summed E-state index contributed by atoms with van der Waals surface area (Å²) in [5.41, 5.74) is 1.17. The van der Waals surface area contributed by atoms with Crippen molar-refractivity contribution in [2.75, 3.05) is 11.2 Å². The van der Waals surface area contributed by atoms with Gasteiger partial charge < -0.3 is 5.11 Å². The Balaban J connectivity index is 1.71. The summed E-state index contributed by atoms with van der Waals surface area (Å²) in [5.74, 6) is -1.23. The maximum atomic E-state index is 12.7. The zero-order chi connectivity index (χ0) is 24.3. The monoisotopic (exact) mass is 537 g/mol. The molecule has 0 spiro atoms. The molecule has 3 aromatic rings. The number of carbonyl (C=O) groups excluding carboxylic acids is 1. The van der Waals surface area contributed by atoms with Gasteiger partial charge in [-0.3, -0.25) is 15.0 Å². The van der Waals surface area contributed by atoms with Crippen molar-refractivity contribution >= 4 is 52.5 Å². The van der Waals surface area contributed by atoms with Crippen molar-refractivity contribution in [2.24, 2.45) is 0 Å². The predicted molar refractivity (Wildman–Crippen MR) is 121 cm³/mol. The molecule has 6 nitrogen and oxygen atoms in total. The Hall–Kier alpha value is -2.40. The second kappa shape index (κ2) is 10.3. The van der Waals surface area contributed by atoms with Crippen molar-refractivity contribution in [1.82, 2.24) is 9.66 Å². The van der Waals surface area contributed by atoms with E-state index in [1.165, 1.54) is 12.1 Å². The topological polar surface area (TPSA) is 84.2 Å². The zero-order valence-corrected chi connectivity index (χ0v) is 19.4. The van der Waals surface area contributed by atoms with E-state index in [4.69, 9.17) is 34.8 Å². The Bertz CT molecular complexity index is 1270. The second-order valence-corrected chi connectivity index (χ2v) is 8.81. The highest BCUT2D eigenvalue weighted by atomic mass is 35.5. The minimum atomic E-state index is -4.59. The number of hydrogen-bond acceptors (Lipinski definition) is 5. The molecule has 2 heterocycles. The van der Waals surface area contributed by atoms with Crippen molar-refractivity contribution in [3.8, 4) is 5.75 Å². The molecule has 2 aromatic heterocycles. The van der Waals surface area contributed by atoms with E-state index >= 15 is 0 Å². The fourth-order valence-corrected chi connectivity index (χ4v) is 4.13. The van der Waals surface area contributed by atoms with E-state index in [0.717, 1.165) is 22.6 Å². The van der Waals surface area contributed by atoms with Gasteiger partial charge in [0.05, 0.1) is 21.9 Å². The molecule has 0 fully saturated rings. The molecule has 0 aliphatic carbocycles. The lowest BCUT2D eigenvalue weighted by Gasteiger charge is -2.12. The first-order valence-electron chi connectivity index (χ1n) is 8.98. The molecule has 0 aliphatic heterocycles. The summed E-state index contributed by atoms with van der Waals surface area (Å²) >= 11 is 18.6. The fraction of sp³-hybridized carbons (Fsp3) is 0.150. The fourth-order valence-electron chi connectivity index (χ4n) is 2.67. The first-order valence-corrected chi connectivity index (χ1v) is 11.1. The highest BCUT2D eigenvalue weighted by molar-refractivity contribution is 8.00. The molecule has 33 heavy (non-hydrogen) atoms. The Kier molecular flexibility index (Phi) is 7.84. The number of halogens is 6. The molecule has 13 heteroatoms. The standard InChI is InChI=1S/C20H13Cl3F3N3O3S/c21-12-2-1-10(14(22)7-12)5-13-16(30)3-4-29(19(13)32)28-17(31)9-33-18-15(23)6-11(8-27-18)20(24,25)26/h1-4,6-8,30H,5,9H2,(H,28,31). The van der Waals surface area contributed by atoms with E-state index in [1.807, 2.05) is 0 Å². The first kappa shape index (κ1) is 25.2. The number of rotatable bonds is 6. The average Bonchev–Trinajstić information content (AvgIpc) is 2.73. The van der Waals surface area contributed by atoms with E-state index < -0.39 is 23.2 Å².